The normalized spacial score (nSPS) is 16.2. The molecule has 1 fully saturated rings. The molecule has 0 unspecified atom stereocenters. The minimum absolute atomic E-state index is 0.0511. The van der Waals surface area contributed by atoms with Crippen LogP contribution in [0, 0.1) is 5.82 Å². The number of carbonyl (C=O) groups excluding carboxylic acids is 1. The highest BCUT2D eigenvalue weighted by molar-refractivity contribution is 7.89. The number of rotatable bonds is 6. The Labute approximate surface area is 169 Å². The van der Waals surface area contributed by atoms with Crippen molar-refractivity contribution in [3.63, 3.8) is 0 Å². The van der Waals surface area contributed by atoms with Crippen LogP contribution >= 0.6 is 0 Å². The highest BCUT2D eigenvalue weighted by atomic mass is 32.2. The number of nitrogens with zero attached hydrogens (tertiary/aromatic N) is 1. The third kappa shape index (κ3) is 4.75. The summed E-state index contributed by atoms with van der Waals surface area (Å²) in [5.74, 6) is -0.856. The fraction of sp³-hybridized carbons (Fsp3) is 0.350. The monoisotopic (exact) mass is 422 g/mol. The molecule has 1 saturated heterocycles. The first-order valence-corrected chi connectivity index (χ1v) is 10.6. The van der Waals surface area contributed by atoms with Crippen molar-refractivity contribution < 1.29 is 27.1 Å². The molecule has 1 N–H and O–H groups in total. The van der Waals surface area contributed by atoms with E-state index in [2.05, 4.69) is 5.32 Å². The zero-order valence-corrected chi connectivity index (χ0v) is 17.0. The van der Waals surface area contributed by atoms with Crippen molar-refractivity contribution in [3.05, 3.63) is 59.4 Å². The van der Waals surface area contributed by atoms with E-state index in [1.165, 1.54) is 47.8 Å². The Bertz CT molecular complexity index is 990. The lowest BCUT2D eigenvalue weighted by atomic mass is 10.1. The lowest BCUT2D eigenvalue weighted by molar-refractivity contribution is 0.0730. The molecular weight excluding hydrogens is 399 g/mol. The van der Waals surface area contributed by atoms with E-state index in [0.717, 1.165) is 0 Å². The van der Waals surface area contributed by atoms with Gasteiger partial charge in [-0.25, -0.2) is 12.8 Å². The molecule has 1 aliphatic rings. The first-order valence-electron chi connectivity index (χ1n) is 9.15. The molecular formula is C20H23FN2O5S. The van der Waals surface area contributed by atoms with Crippen LogP contribution < -0.4 is 10.1 Å². The zero-order chi connectivity index (χ0) is 21.0. The van der Waals surface area contributed by atoms with Crippen LogP contribution in [0.5, 0.6) is 5.75 Å². The predicted molar refractivity (Wildman–Crippen MR) is 105 cm³/mol. The number of hydrogen-bond acceptors (Lipinski definition) is 5. The number of nitrogens with one attached hydrogen (secondary N) is 1. The Kier molecular flexibility index (Phi) is 6.51. The number of carbonyl (C=O) groups is 1. The van der Waals surface area contributed by atoms with E-state index >= 15 is 0 Å². The van der Waals surface area contributed by atoms with Crippen LogP contribution in [0.15, 0.2) is 47.4 Å². The van der Waals surface area contributed by atoms with Gasteiger partial charge < -0.3 is 14.8 Å². The van der Waals surface area contributed by atoms with Crippen LogP contribution in [-0.4, -0.2) is 52.0 Å². The van der Waals surface area contributed by atoms with Gasteiger partial charge in [-0.3, -0.25) is 4.79 Å². The largest absolute Gasteiger partial charge is 0.494 e. The third-order valence-corrected chi connectivity index (χ3v) is 6.62. The molecule has 9 heteroatoms. The van der Waals surface area contributed by atoms with Crippen LogP contribution in [0.3, 0.4) is 0 Å². The predicted octanol–water partition coefficient (Wildman–Crippen LogP) is 2.35. The van der Waals surface area contributed by atoms with E-state index in [1.807, 2.05) is 0 Å². The quantitative estimate of drug-likeness (QED) is 0.773. The highest BCUT2D eigenvalue weighted by Gasteiger charge is 2.27. The van der Waals surface area contributed by atoms with Gasteiger partial charge in [0, 0.05) is 18.7 Å². The molecule has 0 spiro atoms. The molecule has 0 saturated carbocycles. The lowest BCUT2D eigenvalue weighted by Gasteiger charge is -2.26. The topological polar surface area (TPSA) is 84.9 Å². The van der Waals surface area contributed by atoms with Crippen LogP contribution in [0.1, 0.15) is 28.9 Å². The van der Waals surface area contributed by atoms with Crippen LogP contribution in [0.25, 0.3) is 0 Å². The number of morpholine rings is 1. The smallest absolute Gasteiger partial charge is 0.251 e. The maximum atomic E-state index is 13.9. The van der Waals surface area contributed by atoms with E-state index in [9.17, 15) is 17.6 Å². The molecule has 7 nitrogen and oxygen atoms in total. The minimum atomic E-state index is -3.70. The first kappa shape index (κ1) is 21.2. The van der Waals surface area contributed by atoms with Crippen molar-refractivity contribution in [2.75, 3.05) is 33.4 Å². The second kappa shape index (κ2) is 8.89. The molecule has 1 amide bonds. The molecule has 2 aromatic carbocycles. The van der Waals surface area contributed by atoms with Gasteiger partial charge in [0.15, 0.2) is 11.6 Å². The number of ether oxygens (including phenoxy) is 2. The Morgan fingerprint density at radius 1 is 1.21 bits per heavy atom. The summed E-state index contributed by atoms with van der Waals surface area (Å²) >= 11 is 0. The SMILES string of the molecule is COc1ccc([C@@H](C)NC(=O)c2cccc(S(=O)(=O)N3CCOCC3)c2)cc1F. The average molecular weight is 422 g/mol. The Morgan fingerprint density at radius 3 is 2.59 bits per heavy atom. The van der Waals surface area contributed by atoms with Crippen molar-refractivity contribution in [3.8, 4) is 5.75 Å². The Balaban J connectivity index is 1.76. The molecule has 0 aliphatic carbocycles. The highest BCUT2D eigenvalue weighted by Crippen LogP contribution is 2.23. The Morgan fingerprint density at radius 2 is 1.93 bits per heavy atom. The van der Waals surface area contributed by atoms with Crippen molar-refractivity contribution in [2.24, 2.45) is 0 Å². The molecule has 0 bridgehead atoms. The summed E-state index contributed by atoms with van der Waals surface area (Å²) in [5, 5.41) is 2.76. The van der Waals surface area contributed by atoms with Crippen molar-refractivity contribution in [1.29, 1.82) is 0 Å². The summed E-state index contributed by atoms with van der Waals surface area (Å²) in [7, 11) is -2.33. The second-order valence-corrected chi connectivity index (χ2v) is 8.57. The Hall–Kier alpha value is -2.49. The van der Waals surface area contributed by atoms with Gasteiger partial charge in [-0.1, -0.05) is 12.1 Å². The number of hydrogen-bond donors (Lipinski definition) is 1. The molecule has 1 heterocycles. The molecule has 0 aromatic heterocycles. The van der Waals surface area contributed by atoms with Crippen LogP contribution in [0.4, 0.5) is 4.39 Å². The molecule has 156 valence electrons. The van der Waals surface area contributed by atoms with Gasteiger partial charge in [0.25, 0.3) is 5.91 Å². The van der Waals surface area contributed by atoms with Gasteiger partial charge in [-0.15, -0.1) is 0 Å². The summed E-state index contributed by atoms with van der Waals surface area (Å²) < 4.78 is 50.9. The van der Waals surface area contributed by atoms with Gasteiger partial charge in [-0.2, -0.15) is 4.31 Å². The van der Waals surface area contributed by atoms with Crippen molar-refractivity contribution in [2.45, 2.75) is 17.9 Å². The van der Waals surface area contributed by atoms with Gasteiger partial charge in [-0.05, 0) is 42.8 Å². The third-order valence-electron chi connectivity index (χ3n) is 4.73. The first-order chi connectivity index (χ1) is 13.8. The van der Waals surface area contributed by atoms with E-state index in [-0.39, 0.29) is 29.3 Å². The molecule has 3 rings (SSSR count). The summed E-state index contributed by atoms with van der Waals surface area (Å²) in [6, 6.07) is 9.83. The van der Waals surface area contributed by atoms with E-state index in [0.29, 0.717) is 18.8 Å². The van der Waals surface area contributed by atoms with Gasteiger partial charge >= 0.3 is 0 Å². The number of benzene rings is 2. The molecule has 2 aromatic rings. The summed E-state index contributed by atoms with van der Waals surface area (Å²) in [4.78, 5) is 12.7. The fourth-order valence-corrected chi connectivity index (χ4v) is 4.50. The summed E-state index contributed by atoms with van der Waals surface area (Å²) in [5.41, 5.74) is 0.772. The maximum Gasteiger partial charge on any atom is 0.251 e. The van der Waals surface area contributed by atoms with Crippen LogP contribution in [-0.2, 0) is 14.8 Å². The van der Waals surface area contributed by atoms with Gasteiger partial charge in [0.1, 0.15) is 0 Å². The fourth-order valence-electron chi connectivity index (χ4n) is 3.05. The standard InChI is InChI=1S/C20H23FN2O5S/c1-14(15-6-7-19(27-2)18(21)13-15)22-20(24)16-4-3-5-17(12-16)29(25,26)23-8-10-28-11-9-23/h3-7,12-14H,8-11H2,1-2H3,(H,22,24)/t14-/m1/s1. The molecule has 0 radical (unpaired) electrons. The molecule has 29 heavy (non-hydrogen) atoms. The molecule has 1 aliphatic heterocycles. The summed E-state index contributed by atoms with van der Waals surface area (Å²) in [6.45, 7) is 2.95. The number of methoxy groups -OCH3 is 1. The number of sulfonamides is 1. The van der Waals surface area contributed by atoms with Crippen molar-refractivity contribution in [1.82, 2.24) is 9.62 Å². The summed E-state index contributed by atoms with van der Waals surface area (Å²) in [6.07, 6.45) is 0. The minimum Gasteiger partial charge on any atom is -0.494 e. The molecule has 1 atom stereocenters. The van der Waals surface area contributed by atoms with E-state index in [1.54, 1.807) is 13.0 Å². The van der Waals surface area contributed by atoms with Gasteiger partial charge in [0.05, 0.1) is 31.3 Å². The van der Waals surface area contributed by atoms with Gasteiger partial charge in [0.2, 0.25) is 10.0 Å². The average Bonchev–Trinajstić information content (AvgIpc) is 2.74. The van der Waals surface area contributed by atoms with E-state index < -0.39 is 27.8 Å². The van der Waals surface area contributed by atoms with E-state index in [4.69, 9.17) is 9.47 Å². The lowest BCUT2D eigenvalue weighted by Crippen LogP contribution is -2.40. The maximum absolute atomic E-state index is 13.9. The second-order valence-electron chi connectivity index (χ2n) is 6.63. The number of amides is 1. The van der Waals surface area contributed by atoms with Crippen LogP contribution in [0.2, 0.25) is 0 Å². The number of halogens is 1. The zero-order valence-electron chi connectivity index (χ0n) is 16.2. The van der Waals surface area contributed by atoms with Crippen molar-refractivity contribution >= 4 is 15.9 Å².